The zero-order valence-electron chi connectivity index (χ0n) is 13.2. The number of carbonyl (C=O) groups is 2. The molecule has 0 aliphatic heterocycles. The van der Waals surface area contributed by atoms with Gasteiger partial charge in [-0.1, -0.05) is 39.2 Å². The molecule has 0 fully saturated rings. The summed E-state index contributed by atoms with van der Waals surface area (Å²) in [5.74, 6) is 0.308. The fraction of sp³-hybridized carbons (Fsp3) is 0.529. The van der Waals surface area contributed by atoms with Crippen LogP contribution in [0.15, 0.2) is 24.3 Å². The quantitative estimate of drug-likeness (QED) is 0.768. The standard InChI is InChI=1S/C17H26N2O2/c1-4-6-8-14(5-2)12-18-17(21)15-9-7-10-16(11-15)19-13(3)20/h7,9-11,14H,4-6,8,12H2,1-3H3,(H,18,21)(H,19,20). The van der Waals surface area contributed by atoms with Crippen molar-refractivity contribution < 1.29 is 9.59 Å². The van der Waals surface area contributed by atoms with Gasteiger partial charge < -0.3 is 10.6 Å². The number of unbranched alkanes of at least 4 members (excludes halogenated alkanes) is 1. The first-order valence-electron chi connectivity index (χ1n) is 7.72. The Bertz CT molecular complexity index is 472. The Kier molecular flexibility index (Phi) is 7.51. The molecule has 4 heteroatoms. The second kappa shape index (κ2) is 9.16. The van der Waals surface area contributed by atoms with Crippen LogP contribution in [0.25, 0.3) is 0 Å². The van der Waals surface area contributed by atoms with Gasteiger partial charge in [-0.2, -0.15) is 0 Å². The SMILES string of the molecule is CCCCC(CC)CNC(=O)c1cccc(NC(C)=O)c1. The molecular formula is C17H26N2O2. The van der Waals surface area contributed by atoms with E-state index in [2.05, 4.69) is 24.5 Å². The van der Waals surface area contributed by atoms with E-state index in [1.54, 1.807) is 24.3 Å². The van der Waals surface area contributed by atoms with Gasteiger partial charge in [-0.25, -0.2) is 0 Å². The van der Waals surface area contributed by atoms with Crippen LogP contribution in [0.3, 0.4) is 0 Å². The first kappa shape index (κ1) is 17.2. The zero-order chi connectivity index (χ0) is 15.7. The molecule has 0 heterocycles. The van der Waals surface area contributed by atoms with Crippen LogP contribution in [0.5, 0.6) is 0 Å². The third kappa shape index (κ3) is 6.43. The highest BCUT2D eigenvalue weighted by molar-refractivity contribution is 5.96. The highest BCUT2D eigenvalue weighted by Crippen LogP contribution is 2.13. The van der Waals surface area contributed by atoms with Crippen molar-refractivity contribution in [1.29, 1.82) is 0 Å². The van der Waals surface area contributed by atoms with Crippen LogP contribution in [-0.4, -0.2) is 18.4 Å². The Labute approximate surface area is 127 Å². The number of anilines is 1. The maximum absolute atomic E-state index is 12.2. The molecule has 0 aliphatic carbocycles. The van der Waals surface area contributed by atoms with Gasteiger partial charge in [0.2, 0.25) is 5.91 Å². The molecule has 116 valence electrons. The lowest BCUT2D eigenvalue weighted by atomic mass is 9.99. The van der Waals surface area contributed by atoms with Crippen LogP contribution in [-0.2, 0) is 4.79 Å². The van der Waals surface area contributed by atoms with Gasteiger partial charge in [-0.15, -0.1) is 0 Å². The summed E-state index contributed by atoms with van der Waals surface area (Å²) >= 11 is 0. The molecule has 0 aliphatic rings. The summed E-state index contributed by atoms with van der Waals surface area (Å²) < 4.78 is 0. The Morgan fingerprint density at radius 2 is 2.00 bits per heavy atom. The molecule has 2 amide bonds. The molecule has 0 aromatic heterocycles. The van der Waals surface area contributed by atoms with Crippen molar-refractivity contribution in [3.63, 3.8) is 0 Å². The predicted octanol–water partition coefficient (Wildman–Crippen LogP) is 3.59. The maximum Gasteiger partial charge on any atom is 0.251 e. The van der Waals surface area contributed by atoms with E-state index in [4.69, 9.17) is 0 Å². The molecule has 0 radical (unpaired) electrons. The normalized spacial score (nSPS) is 11.8. The fourth-order valence-corrected chi connectivity index (χ4v) is 2.22. The summed E-state index contributed by atoms with van der Waals surface area (Å²) in [6.45, 7) is 6.49. The van der Waals surface area contributed by atoms with Crippen molar-refractivity contribution in [1.82, 2.24) is 5.32 Å². The van der Waals surface area contributed by atoms with Crippen molar-refractivity contribution in [3.8, 4) is 0 Å². The molecule has 1 atom stereocenters. The molecule has 0 spiro atoms. The van der Waals surface area contributed by atoms with Crippen molar-refractivity contribution in [2.45, 2.75) is 46.5 Å². The van der Waals surface area contributed by atoms with Crippen LogP contribution < -0.4 is 10.6 Å². The lowest BCUT2D eigenvalue weighted by Crippen LogP contribution is -2.29. The van der Waals surface area contributed by atoms with Crippen molar-refractivity contribution in [2.24, 2.45) is 5.92 Å². The Hall–Kier alpha value is -1.84. The largest absolute Gasteiger partial charge is 0.352 e. The van der Waals surface area contributed by atoms with Gasteiger partial charge in [-0.05, 0) is 30.5 Å². The van der Waals surface area contributed by atoms with Crippen LogP contribution in [0.1, 0.15) is 56.8 Å². The predicted molar refractivity (Wildman–Crippen MR) is 86.4 cm³/mol. The van der Waals surface area contributed by atoms with Gasteiger partial charge in [0.05, 0.1) is 0 Å². The second-order valence-corrected chi connectivity index (χ2v) is 5.39. The second-order valence-electron chi connectivity index (χ2n) is 5.39. The number of hydrogen-bond acceptors (Lipinski definition) is 2. The number of rotatable bonds is 8. The molecular weight excluding hydrogens is 264 g/mol. The van der Waals surface area contributed by atoms with E-state index in [9.17, 15) is 9.59 Å². The van der Waals surface area contributed by atoms with Gasteiger partial charge in [0.1, 0.15) is 0 Å². The molecule has 4 nitrogen and oxygen atoms in total. The van der Waals surface area contributed by atoms with Crippen molar-refractivity contribution in [3.05, 3.63) is 29.8 Å². The summed E-state index contributed by atoms with van der Waals surface area (Å²) in [6.07, 6.45) is 4.61. The van der Waals surface area contributed by atoms with Crippen molar-refractivity contribution in [2.75, 3.05) is 11.9 Å². The molecule has 21 heavy (non-hydrogen) atoms. The fourth-order valence-electron chi connectivity index (χ4n) is 2.22. The lowest BCUT2D eigenvalue weighted by Gasteiger charge is -2.15. The van der Waals surface area contributed by atoms with Gasteiger partial charge in [0.25, 0.3) is 5.91 Å². The van der Waals surface area contributed by atoms with Gasteiger partial charge in [0.15, 0.2) is 0 Å². The average Bonchev–Trinajstić information content (AvgIpc) is 2.46. The molecule has 0 saturated carbocycles. The Balaban J connectivity index is 2.56. The van der Waals surface area contributed by atoms with E-state index in [0.717, 1.165) is 12.8 Å². The summed E-state index contributed by atoms with van der Waals surface area (Å²) in [6, 6.07) is 7.00. The van der Waals surface area contributed by atoms with Crippen LogP contribution in [0, 0.1) is 5.92 Å². The van der Waals surface area contributed by atoms with Gasteiger partial charge in [0, 0.05) is 24.7 Å². The first-order chi connectivity index (χ1) is 10.1. The zero-order valence-corrected chi connectivity index (χ0v) is 13.2. The van der Waals surface area contributed by atoms with E-state index in [1.807, 2.05) is 0 Å². The van der Waals surface area contributed by atoms with Crippen LogP contribution in [0.4, 0.5) is 5.69 Å². The third-order valence-corrected chi connectivity index (χ3v) is 3.54. The topological polar surface area (TPSA) is 58.2 Å². The minimum absolute atomic E-state index is 0.0860. The van der Waals surface area contributed by atoms with E-state index in [-0.39, 0.29) is 11.8 Å². The molecule has 1 rings (SSSR count). The third-order valence-electron chi connectivity index (χ3n) is 3.54. The van der Waals surface area contributed by atoms with Crippen LogP contribution in [0.2, 0.25) is 0 Å². The number of hydrogen-bond donors (Lipinski definition) is 2. The van der Waals surface area contributed by atoms with Gasteiger partial charge >= 0.3 is 0 Å². The minimum Gasteiger partial charge on any atom is -0.352 e. The van der Waals surface area contributed by atoms with E-state index in [0.29, 0.717) is 23.7 Å². The summed E-state index contributed by atoms with van der Waals surface area (Å²) in [5.41, 5.74) is 1.22. The van der Waals surface area contributed by atoms with Gasteiger partial charge in [-0.3, -0.25) is 9.59 Å². The average molecular weight is 290 g/mol. The van der Waals surface area contributed by atoms with Crippen LogP contribution >= 0.6 is 0 Å². The Morgan fingerprint density at radius 1 is 1.24 bits per heavy atom. The molecule has 2 N–H and O–H groups in total. The number of amides is 2. The lowest BCUT2D eigenvalue weighted by molar-refractivity contribution is -0.114. The molecule has 1 unspecified atom stereocenters. The Morgan fingerprint density at radius 3 is 2.62 bits per heavy atom. The summed E-state index contributed by atoms with van der Waals surface area (Å²) in [7, 11) is 0. The highest BCUT2D eigenvalue weighted by atomic mass is 16.2. The summed E-state index contributed by atoms with van der Waals surface area (Å²) in [5, 5.41) is 5.67. The van der Waals surface area contributed by atoms with E-state index >= 15 is 0 Å². The maximum atomic E-state index is 12.2. The summed E-state index contributed by atoms with van der Waals surface area (Å²) in [4.78, 5) is 23.2. The number of nitrogens with one attached hydrogen (secondary N) is 2. The van der Waals surface area contributed by atoms with E-state index in [1.165, 1.54) is 19.8 Å². The molecule has 0 bridgehead atoms. The van der Waals surface area contributed by atoms with Crippen molar-refractivity contribution >= 4 is 17.5 Å². The molecule has 1 aromatic rings. The highest BCUT2D eigenvalue weighted by Gasteiger charge is 2.10. The minimum atomic E-state index is -0.141. The smallest absolute Gasteiger partial charge is 0.251 e. The monoisotopic (exact) mass is 290 g/mol. The number of benzene rings is 1. The van der Waals surface area contributed by atoms with E-state index < -0.39 is 0 Å². The number of carbonyl (C=O) groups excluding carboxylic acids is 2. The molecule has 1 aromatic carbocycles. The molecule has 0 saturated heterocycles. The first-order valence-corrected chi connectivity index (χ1v) is 7.72.